The van der Waals surface area contributed by atoms with Gasteiger partial charge in [-0.2, -0.15) is 0 Å². The Morgan fingerprint density at radius 3 is 2.61 bits per heavy atom. The van der Waals surface area contributed by atoms with Crippen LogP contribution >= 0.6 is 0 Å². The molecule has 2 atom stereocenters. The van der Waals surface area contributed by atoms with Gasteiger partial charge in [0.05, 0.1) is 6.54 Å². The molecule has 2 fully saturated rings. The molecule has 2 aliphatic rings. The summed E-state index contributed by atoms with van der Waals surface area (Å²) in [4.78, 5) is 24.5. The van der Waals surface area contributed by atoms with Crippen molar-refractivity contribution in [1.29, 1.82) is 0 Å². The Balaban J connectivity index is 1.70. The molecule has 1 aromatic heterocycles. The fourth-order valence-corrected chi connectivity index (χ4v) is 3.01. The van der Waals surface area contributed by atoms with Crippen LogP contribution in [0.15, 0.2) is 12.4 Å². The van der Waals surface area contributed by atoms with Crippen molar-refractivity contribution >= 4 is 11.7 Å². The molecule has 2 saturated heterocycles. The Morgan fingerprint density at radius 2 is 2.06 bits per heavy atom. The summed E-state index contributed by atoms with van der Waals surface area (Å²) < 4.78 is 0. The van der Waals surface area contributed by atoms with Gasteiger partial charge >= 0.3 is 0 Å². The van der Waals surface area contributed by atoms with Crippen LogP contribution in [0.3, 0.4) is 0 Å². The summed E-state index contributed by atoms with van der Waals surface area (Å²) in [7, 11) is 0. The first kappa shape index (κ1) is 11.6. The van der Waals surface area contributed by atoms with Crippen LogP contribution < -0.4 is 4.90 Å². The number of likely N-dealkylation sites (tertiary alicyclic amines) is 1. The molecule has 96 valence electrons. The number of Topliss-reactive ketones (excluding diaryl/α,β-unsaturated/α-hetero) is 1. The molecular formula is C13H18N4O. The number of nitrogens with zero attached hydrogens (tertiary/aromatic N) is 4. The molecule has 3 rings (SSSR count). The number of carbonyl (C=O) groups excluding carboxylic acids is 1. The molecule has 18 heavy (non-hydrogen) atoms. The van der Waals surface area contributed by atoms with Crippen molar-refractivity contribution in [1.82, 2.24) is 14.9 Å². The van der Waals surface area contributed by atoms with Crippen LogP contribution in [0.25, 0.3) is 0 Å². The van der Waals surface area contributed by atoms with Crippen LogP contribution in [-0.2, 0) is 4.79 Å². The van der Waals surface area contributed by atoms with Crippen LogP contribution in [0.1, 0.15) is 18.9 Å². The minimum Gasteiger partial charge on any atom is -0.335 e. The predicted molar refractivity (Wildman–Crippen MR) is 68.6 cm³/mol. The second-order valence-corrected chi connectivity index (χ2v) is 5.39. The maximum atomic E-state index is 11.2. The molecule has 5 nitrogen and oxygen atoms in total. The highest BCUT2D eigenvalue weighted by Gasteiger charge is 2.44. The zero-order chi connectivity index (χ0) is 12.7. The van der Waals surface area contributed by atoms with Crippen LogP contribution in [-0.4, -0.2) is 52.4 Å². The summed E-state index contributed by atoms with van der Waals surface area (Å²) in [6.45, 7) is 6.15. The Morgan fingerprint density at radius 1 is 1.33 bits per heavy atom. The molecule has 3 heterocycles. The third kappa shape index (κ3) is 1.99. The van der Waals surface area contributed by atoms with Crippen molar-refractivity contribution < 1.29 is 4.79 Å². The molecule has 0 N–H and O–H groups in total. The van der Waals surface area contributed by atoms with Crippen LogP contribution in [0.4, 0.5) is 5.95 Å². The fourth-order valence-electron chi connectivity index (χ4n) is 3.01. The Labute approximate surface area is 107 Å². The number of aryl methyl sites for hydroxylation is 1. The number of piperazine rings is 1. The zero-order valence-corrected chi connectivity index (χ0v) is 10.8. The zero-order valence-electron chi connectivity index (χ0n) is 10.8. The van der Waals surface area contributed by atoms with Gasteiger partial charge in [0.15, 0.2) is 0 Å². The first-order chi connectivity index (χ1) is 8.63. The molecule has 0 radical (unpaired) electrons. The van der Waals surface area contributed by atoms with Crippen LogP contribution in [0.2, 0.25) is 0 Å². The Kier molecular flexibility index (Phi) is 2.78. The lowest BCUT2D eigenvalue weighted by Crippen LogP contribution is -2.48. The molecule has 2 bridgehead atoms. The lowest BCUT2D eigenvalue weighted by molar-refractivity contribution is -0.118. The van der Waals surface area contributed by atoms with E-state index in [2.05, 4.69) is 19.8 Å². The number of ketones is 1. The van der Waals surface area contributed by atoms with E-state index in [1.165, 1.54) is 0 Å². The predicted octanol–water partition coefficient (Wildman–Crippen LogP) is 0.637. The summed E-state index contributed by atoms with van der Waals surface area (Å²) in [5.74, 6) is 1.08. The average molecular weight is 246 g/mol. The fraction of sp³-hybridized carbons (Fsp3) is 0.615. The molecule has 2 aliphatic heterocycles. The van der Waals surface area contributed by atoms with Crippen molar-refractivity contribution in [2.24, 2.45) is 0 Å². The van der Waals surface area contributed by atoms with Gasteiger partial charge < -0.3 is 4.90 Å². The first-order valence-electron chi connectivity index (χ1n) is 6.42. The van der Waals surface area contributed by atoms with E-state index in [4.69, 9.17) is 0 Å². The van der Waals surface area contributed by atoms with Gasteiger partial charge in [0, 0.05) is 37.6 Å². The minimum absolute atomic E-state index is 0.251. The monoisotopic (exact) mass is 246 g/mol. The van der Waals surface area contributed by atoms with Crippen LogP contribution in [0.5, 0.6) is 0 Å². The average Bonchev–Trinajstić information content (AvgIpc) is 2.88. The van der Waals surface area contributed by atoms with Crippen LogP contribution in [0, 0.1) is 6.92 Å². The molecule has 1 aromatic rings. The molecule has 0 saturated carbocycles. The van der Waals surface area contributed by atoms with Crippen molar-refractivity contribution in [3.63, 3.8) is 0 Å². The largest absolute Gasteiger partial charge is 0.335 e. The third-order valence-corrected chi connectivity index (χ3v) is 3.80. The van der Waals surface area contributed by atoms with E-state index in [1.807, 2.05) is 19.3 Å². The summed E-state index contributed by atoms with van der Waals surface area (Å²) in [5, 5.41) is 0. The van der Waals surface area contributed by atoms with Gasteiger partial charge in [-0.15, -0.1) is 0 Å². The van der Waals surface area contributed by atoms with Crippen molar-refractivity contribution in [3.05, 3.63) is 18.0 Å². The van der Waals surface area contributed by atoms with E-state index in [0.29, 0.717) is 18.6 Å². The quantitative estimate of drug-likeness (QED) is 0.783. The van der Waals surface area contributed by atoms with Gasteiger partial charge in [-0.1, -0.05) is 0 Å². The molecule has 0 spiro atoms. The first-order valence-corrected chi connectivity index (χ1v) is 6.42. The topological polar surface area (TPSA) is 49.3 Å². The van der Waals surface area contributed by atoms with E-state index in [-0.39, 0.29) is 5.78 Å². The Hall–Kier alpha value is -1.49. The highest BCUT2D eigenvalue weighted by molar-refractivity contribution is 5.77. The number of aromatic nitrogens is 2. The van der Waals surface area contributed by atoms with Crippen molar-refractivity contribution in [2.75, 3.05) is 24.5 Å². The molecule has 0 amide bonds. The standard InChI is InChI=1S/C13H18N4O/c1-9-4-14-13(15-5-9)17-8-11-3-12(17)7-16(11)6-10(2)18/h4-5,11-12H,3,6-8H2,1-2H3/t11-,12?/m1/s1. The number of fused-ring (bicyclic) bond motifs is 2. The number of anilines is 1. The normalized spacial score (nSPS) is 26.9. The highest BCUT2D eigenvalue weighted by atomic mass is 16.1. The van der Waals surface area contributed by atoms with Crippen molar-refractivity contribution in [2.45, 2.75) is 32.4 Å². The van der Waals surface area contributed by atoms with Crippen molar-refractivity contribution in [3.8, 4) is 0 Å². The summed E-state index contributed by atoms with van der Waals surface area (Å²) in [6.07, 6.45) is 4.86. The van der Waals surface area contributed by atoms with Gasteiger partial charge in [-0.3, -0.25) is 9.69 Å². The van der Waals surface area contributed by atoms with Gasteiger partial charge in [-0.05, 0) is 25.8 Å². The van der Waals surface area contributed by atoms with Gasteiger partial charge in [0.25, 0.3) is 0 Å². The lowest BCUT2D eigenvalue weighted by Gasteiger charge is -2.33. The van der Waals surface area contributed by atoms with Gasteiger partial charge in [0.2, 0.25) is 5.95 Å². The van der Waals surface area contributed by atoms with Gasteiger partial charge in [0.1, 0.15) is 5.78 Å². The maximum Gasteiger partial charge on any atom is 0.225 e. The number of carbonyl (C=O) groups is 1. The second-order valence-electron chi connectivity index (χ2n) is 5.39. The molecule has 0 aromatic carbocycles. The van der Waals surface area contributed by atoms with E-state index >= 15 is 0 Å². The van der Waals surface area contributed by atoms with E-state index < -0.39 is 0 Å². The Bertz CT molecular complexity index is 459. The lowest BCUT2D eigenvalue weighted by atomic mass is 10.2. The minimum atomic E-state index is 0.251. The summed E-state index contributed by atoms with van der Waals surface area (Å²) >= 11 is 0. The number of hydrogen-bond acceptors (Lipinski definition) is 5. The summed E-state index contributed by atoms with van der Waals surface area (Å²) in [5.41, 5.74) is 1.08. The second kappa shape index (κ2) is 4.31. The summed E-state index contributed by atoms with van der Waals surface area (Å²) in [6, 6.07) is 0.959. The number of rotatable bonds is 3. The number of hydrogen-bond donors (Lipinski definition) is 0. The van der Waals surface area contributed by atoms with E-state index in [1.54, 1.807) is 6.92 Å². The SMILES string of the molecule is CC(=O)CN1CC2C[C@@H]1CN2c1ncc(C)cn1. The van der Waals surface area contributed by atoms with E-state index in [0.717, 1.165) is 31.0 Å². The third-order valence-electron chi connectivity index (χ3n) is 3.80. The molecule has 5 heteroatoms. The van der Waals surface area contributed by atoms with Gasteiger partial charge in [-0.25, -0.2) is 9.97 Å². The maximum absolute atomic E-state index is 11.2. The molecular weight excluding hydrogens is 228 g/mol. The highest BCUT2D eigenvalue weighted by Crippen LogP contribution is 2.32. The molecule has 0 aliphatic carbocycles. The van der Waals surface area contributed by atoms with E-state index in [9.17, 15) is 4.79 Å². The smallest absolute Gasteiger partial charge is 0.225 e. The molecule has 1 unspecified atom stereocenters.